The Morgan fingerprint density at radius 2 is 1.84 bits per heavy atom. The van der Waals surface area contributed by atoms with Crippen molar-refractivity contribution in [1.29, 1.82) is 0 Å². The first-order valence-electron chi connectivity index (χ1n) is 5.70. The molecule has 0 fully saturated rings. The van der Waals surface area contributed by atoms with Crippen LogP contribution < -0.4 is 4.74 Å². The second-order valence-electron chi connectivity index (χ2n) is 3.83. The van der Waals surface area contributed by atoms with Crippen LogP contribution in [0.1, 0.15) is 5.56 Å². The van der Waals surface area contributed by atoms with Crippen molar-refractivity contribution in [2.24, 2.45) is 0 Å². The Labute approximate surface area is 115 Å². The predicted octanol–water partition coefficient (Wildman–Crippen LogP) is 3.90. The number of thioether (sulfide) groups is 1. The van der Waals surface area contributed by atoms with Crippen molar-refractivity contribution in [1.82, 2.24) is 0 Å². The maximum Gasteiger partial charge on any atom is 0.276 e. The quantitative estimate of drug-likeness (QED) is 0.472. The Morgan fingerprint density at radius 3 is 2.58 bits per heavy atom. The molecule has 0 spiro atoms. The standard InChI is InChI=1S/C14H13NO3S/c1-19-14-9-5-4-8-13(14)18-10-11-6-2-3-7-12(11)15(16)17/h2-9H,10H2,1H3. The predicted molar refractivity (Wildman–Crippen MR) is 75.7 cm³/mol. The smallest absolute Gasteiger partial charge is 0.276 e. The zero-order chi connectivity index (χ0) is 13.7. The fourth-order valence-electron chi connectivity index (χ4n) is 1.70. The first-order valence-corrected chi connectivity index (χ1v) is 6.93. The minimum atomic E-state index is -0.390. The van der Waals surface area contributed by atoms with E-state index < -0.39 is 0 Å². The summed E-state index contributed by atoms with van der Waals surface area (Å²) >= 11 is 1.58. The van der Waals surface area contributed by atoms with Crippen LogP contribution in [0.25, 0.3) is 0 Å². The first kappa shape index (κ1) is 13.4. The molecule has 0 heterocycles. The summed E-state index contributed by atoms with van der Waals surface area (Å²) in [5.74, 6) is 0.744. The highest BCUT2D eigenvalue weighted by Crippen LogP contribution is 2.28. The third-order valence-electron chi connectivity index (χ3n) is 2.64. The van der Waals surface area contributed by atoms with Gasteiger partial charge < -0.3 is 4.74 Å². The molecule has 2 rings (SSSR count). The molecule has 98 valence electrons. The van der Waals surface area contributed by atoms with Crippen molar-refractivity contribution < 1.29 is 9.66 Å². The van der Waals surface area contributed by atoms with Crippen molar-refractivity contribution in [3.05, 3.63) is 64.2 Å². The number of nitrogens with zero attached hydrogens (tertiary/aromatic N) is 1. The molecular formula is C14H13NO3S. The van der Waals surface area contributed by atoms with Crippen molar-refractivity contribution in [3.8, 4) is 5.75 Å². The molecule has 0 saturated heterocycles. The molecular weight excluding hydrogens is 262 g/mol. The zero-order valence-corrected chi connectivity index (χ0v) is 11.2. The van der Waals surface area contributed by atoms with Crippen molar-refractivity contribution >= 4 is 17.4 Å². The van der Waals surface area contributed by atoms with Crippen LogP contribution >= 0.6 is 11.8 Å². The van der Waals surface area contributed by atoms with Crippen LogP contribution in [0.3, 0.4) is 0 Å². The maximum absolute atomic E-state index is 10.9. The van der Waals surface area contributed by atoms with Gasteiger partial charge in [-0.05, 0) is 24.5 Å². The summed E-state index contributed by atoms with van der Waals surface area (Å²) in [6.45, 7) is 0.189. The van der Waals surface area contributed by atoms with E-state index >= 15 is 0 Å². The molecule has 0 atom stereocenters. The molecule has 0 saturated carbocycles. The number of hydrogen-bond acceptors (Lipinski definition) is 4. The number of nitro groups is 1. The van der Waals surface area contributed by atoms with E-state index in [0.29, 0.717) is 5.56 Å². The lowest BCUT2D eigenvalue weighted by molar-refractivity contribution is -0.385. The lowest BCUT2D eigenvalue weighted by Crippen LogP contribution is -2.00. The summed E-state index contributed by atoms with van der Waals surface area (Å²) in [4.78, 5) is 11.5. The van der Waals surface area contributed by atoms with Crippen LogP contribution in [0.2, 0.25) is 0 Å². The van der Waals surface area contributed by atoms with Gasteiger partial charge in [0.2, 0.25) is 0 Å². The highest BCUT2D eigenvalue weighted by atomic mass is 32.2. The molecule has 5 heteroatoms. The van der Waals surface area contributed by atoms with Gasteiger partial charge in [-0.1, -0.05) is 24.3 Å². The lowest BCUT2D eigenvalue weighted by atomic mass is 10.2. The molecule has 0 aliphatic carbocycles. The molecule has 0 unspecified atom stereocenters. The Balaban J connectivity index is 2.17. The normalized spacial score (nSPS) is 10.2. The molecule has 19 heavy (non-hydrogen) atoms. The molecule has 0 aromatic heterocycles. The number of nitro benzene ring substituents is 1. The van der Waals surface area contributed by atoms with Crippen molar-refractivity contribution in [3.63, 3.8) is 0 Å². The molecule has 0 aliphatic heterocycles. The number of hydrogen-bond donors (Lipinski definition) is 0. The van der Waals surface area contributed by atoms with Gasteiger partial charge in [0.05, 0.1) is 10.5 Å². The molecule has 0 aliphatic rings. The monoisotopic (exact) mass is 275 g/mol. The van der Waals surface area contributed by atoms with E-state index in [1.807, 2.05) is 30.5 Å². The molecule has 0 bridgehead atoms. The SMILES string of the molecule is CSc1ccccc1OCc1ccccc1[N+](=O)[O-]. The van der Waals surface area contributed by atoms with E-state index in [1.165, 1.54) is 6.07 Å². The van der Waals surface area contributed by atoms with Crippen LogP contribution in [0.5, 0.6) is 5.75 Å². The second kappa shape index (κ2) is 6.24. The summed E-state index contributed by atoms with van der Waals surface area (Å²) in [7, 11) is 0. The van der Waals surface area contributed by atoms with E-state index in [4.69, 9.17) is 4.74 Å². The highest BCUT2D eigenvalue weighted by molar-refractivity contribution is 7.98. The van der Waals surface area contributed by atoms with E-state index in [9.17, 15) is 10.1 Å². The van der Waals surface area contributed by atoms with E-state index in [0.717, 1.165) is 10.6 Å². The molecule has 0 N–H and O–H groups in total. The third-order valence-corrected chi connectivity index (χ3v) is 3.42. The third kappa shape index (κ3) is 3.26. The van der Waals surface area contributed by atoms with Gasteiger partial charge in [0.15, 0.2) is 0 Å². The number of rotatable bonds is 5. The molecule has 4 nitrogen and oxygen atoms in total. The fraction of sp³-hybridized carbons (Fsp3) is 0.143. The Kier molecular flexibility index (Phi) is 4.41. The largest absolute Gasteiger partial charge is 0.487 e. The van der Waals surface area contributed by atoms with E-state index in [1.54, 1.807) is 30.0 Å². The highest BCUT2D eigenvalue weighted by Gasteiger charge is 2.13. The first-order chi connectivity index (χ1) is 9.22. The zero-order valence-electron chi connectivity index (χ0n) is 10.4. The number of benzene rings is 2. The van der Waals surface area contributed by atoms with Gasteiger partial charge in [-0.25, -0.2) is 0 Å². The van der Waals surface area contributed by atoms with Gasteiger partial charge in [-0.2, -0.15) is 0 Å². The minimum Gasteiger partial charge on any atom is -0.487 e. The van der Waals surface area contributed by atoms with Crippen LogP contribution in [-0.2, 0) is 6.61 Å². The van der Waals surface area contributed by atoms with Crippen LogP contribution in [-0.4, -0.2) is 11.2 Å². The molecule has 2 aromatic rings. The van der Waals surface area contributed by atoms with Crippen molar-refractivity contribution in [2.75, 3.05) is 6.26 Å². The summed E-state index contributed by atoms with van der Waals surface area (Å²) in [6.07, 6.45) is 1.97. The van der Waals surface area contributed by atoms with Crippen LogP contribution in [0.15, 0.2) is 53.4 Å². The molecule has 0 radical (unpaired) electrons. The van der Waals surface area contributed by atoms with E-state index in [2.05, 4.69) is 0 Å². The maximum atomic E-state index is 10.9. The Hall–Kier alpha value is -2.01. The average Bonchev–Trinajstić information content (AvgIpc) is 2.45. The topological polar surface area (TPSA) is 52.4 Å². The van der Waals surface area contributed by atoms with Crippen molar-refractivity contribution in [2.45, 2.75) is 11.5 Å². The second-order valence-corrected chi connectivity index (χ2v) is 4.67. The minimum absolute atomic E-state index is 0.0872. The molecule has 0 amide bonds. The summed E-state index contributed by atoms with van der Waals surface area (Å²) in [5.41, 5.74) is 0.660. The molecule has 2 aromatic carbocycles. The number of para-hydroxylation sites is 2. The lowest BCUT2D eigenvalue weighted by Gasteiger charge is -2.09. The Bertz CT molecular complexity index is 586. The van der Waals surface area contributed by atoms with Crippen LogP contribution in [0, 0.1) is 10.1 Å². The number of ether oxygens (including phenoxy) is 1. The van der Waals surface area contributed by atoms with E-state index in [-0.39, 0.29) is 17.2 Å². The average molecular weight is 275 g/mol. The van der Waals surface area contributed by atoms with Gasteiger partial charge in [-0.15, -0.1) is 11.8 Å². The van der Waals surface area contributed by atoms with Gasteiger partial charge in [0, 0.05) is 11.0 Å². The van der Waals surface area contributed by atoms with Gasteiger partial charge in [0.1, 0.15) is 12.4 Å². The fourth-order valence-corrected chi connectivity index (χ4v) is 2.25. The summed E-state index contributed by atoms with van der Waals surface area (Å²) < 4.78 is 5.68. The van der Waals surface area contributed by atoms with Crippen LogP contribution in [0.4, 0.5) is 5.69 Å². The van der Waals surface area contributed by atoms with Gasteiger partial charge in [-0.3, -0.25) is 10.1 Å². The summed E-state index contributed by atoms with van der Waals surface area (Å²) in [5, 5.41) is 10.9. The van der Waals surface area contributed by atoms with Gasteiger partial charge in [0.25, 0.3) is 5.69 Å². The van der Waals surface area contributed by atoms with Gasteiger partial charge >= 0.3 is 0 Å². The summed E-state index contributed by atoms with van der Waals surface area (Å²) in [6, 6.07) is 14.3. The Morgan fingerprint density at radius 1 is 1.16 bits per heavy atom.